The molecular formula is C15H26N4O7. The van der Waals surface area contributed by atoms with E-state index in [2.05, 4.69) is 10.6 Å². The number of carboxylic acids is 2. The van der Waals surface area contributed by atoms with Gasteiger partial charge in [0, 0.05) is 12.8 Å². The molecule has 0 aromatic carbocycles. The Kier molecular flexibility index (Phi) is 11.3. The first-order valence-corrected chi connectivity index (χ1v) is 8.20. The number of carbonyl (C=O) groups is 5. The molecule has 0 aliphatic carbocycles. The van der Waals surface area contributed by atoms with Crippen molar-refractivity contribution in [2.45, 2.75) is 57.0 Å². The number of amides is 3. The van der Waals surface area contributed by atoms with E-state index in [-0.39, 0.29) is 19.3 Å². The highest BCUT2D eigenvalue weighted by Gasteiger charge is 2.26. The molecule has 8 N–H and O–H groups in total. The molecule has 0 radical (unpaired) electrons. The Labute approximate surface area is 150 Å². The summed E-state index contributed by atoms with van der Waals surface area (Å²) in [6.07, 6.45) is 0.0457. The van der Waals surface area contributed by atoms with Crippen molar-refractivity contribution in [3.63, 3.8) is 0 Å². The van der Waals surface area contributed by atoms with Gasteiger partial charge < -0.3 is 32.3 Å². The van der Waals surface area contributed by atoms with Gasteiger partial charge in [0.15, 0.2) is 0 Å². The highest BCUT2D eigenvalue weighted by atomic mass is 16.4. The molecule has 11 heteroatoms. The van der Waals surface area contributed by atoms with Crippen molar-refractivity contribution in [3.05, 3.63) is 0 Å². The Bertz CT molecular complexity index is 524. The highest BCUT2D eigenvalue weighted by Crippen LogP contribution is 2.04. The number of nitrogens with two attached hydrogens (primary N) is 2. The van der Waals surface area contributed by atoms with E-state index in [1.54, 1.807) is 0 Å². The lowest BCUT2D eigenvalue weighted by Crippen LogP contribution is -2.53. The lowest BCUT2D eigenvalue weighted by molar-refractivity contribution is -0.139. The van der Waals surface area contributed by atoms with Gasteiger partial charge in [-0.1, -0.05) is 0 Å². The quantitative estimate of drug-likeness (QED) is 0.193. The zero-order chi connectivity index (χ0) is 20.1. The summed E-state index contributed by atoms with van der Waals surface area (Å²) in [4.78, 5) is 56.7. The van der Waals surface area contributed by atoms with Crippen LogP contribution in [0, 0.1) is 0 Å². The maximum absolute atomic E-state index is 12.3. The fourth-order valence-electron chi connectivity index (χ4n) is 2.07. The molecule has 0 saturated heterocycles. The summed E-state index contributed by atoms with van der Waals surface area (Å²) in [6, 6.07) is -2.19. The number of primary amides is 1. The smallest absolute Gasteiger partial charge is 0.303 e. The standard InChI is InChI=1S/C15H26N4O7/c16-8-2-1-3-9(14(17)25)19-15(26)10(4-6-12(21)22)18-11(20)5-7-13(23)24/h9-10H,1-8,16H2,(H2,17,25)(H,18,20)(H,19,26)(H,21,22)(H,23,24)/t9-,10-/m0/s1. The van der Waals surface area contributed by atoms with Crippen LogP contribution in [0.25, 0.3) is 0 Å². The molecular weight excluding hydrogens is 348 g/mol. The number of unbranched alkanes of at least 4 members (excludes halogenated alkanes) is 1. The first-order chi connectivity index (χ1) is 12.2. The Balaban J connectivity index is 4.88. The van der Waals surface area contributed by atoms with Gasteiger partial charge in [-0.25, -0.2) is 0 Å². The van der Waals surface area contributed by atoms with Crippen LogP contribution >= 0.6 is 0 Å². The van der Waals surface area contributed by atoms with Crippen molar-refractivity contribution in [1.29, 1.82) is 0 Å². The fourth-order valence-corrected chi connectivity index (χ4v) is 2.07. The van der Waals surface area contributed by atoms with Gasteiger partial charge in [0.05, 0.1) is 6.42 Å². The van der Waals surface area contributed by atoms with Gasteiger partial charge in [-0.05, 0) is 32.2 Å². The summed E-state index contributed by atoms with van der Waals surface area (Å²) in [5, 5.41) is 22.0. The lowest BCUT2D eigenvalue weighted by Gasteiger charge is -2.21. The molecule has 11 nitrogen and oxygen atoms in total. The Hall–Kier alpha value is -2.69. The SMILES string of the molecule is NCCCC[C@H](NC(=O)[C@H](CCC(=O)O)NC(=O)CCC(=O)O)C(N)=O. The van der Waals surface area contributed by atoms with Gasteiger partial charge in [0.2, 0.25) is 17.7 Å². The molecule has 0 unspecified atom stereocenters. The van der Waals surface area contributed by atoms with Crippen molar-refractivity contribution >= 4 is 29.7 Å². The minimum absolute atomic E-state index is 0.214. The summed E-state index contributed by atoms with van der Waals surface area (Å²) < 4.78 is 0. The monoisotopic (exact) mass is 374 g/mol. The second kappa shape index (κ2) is 12.6. The minimum atomic E-state index is -1.22. The minimum Gasteiger partial charge on any atom is -0.481 e. The van der Waals surface area contributed by atoms with Crippen molar-refractivity contribution in [2.75, 3.05) is 6.54 Å². The number of rotatable bonds is 14. The third-order valence-corrected chi connectivity index (χ3v) is 3.47. The molecule has 148 valence electrons. The lowest BCUT2D eigenvalue weighted by atomic mass is 10.1. The molecule has 2 atom stereocenters. The Morgan fingerprint density at radius 3 is 1.92 bits per heavy atom. The van der Waals surface area contributed by atoms with Gasteiger partial charge in [-0.2, -0.15) is 0 Å². The third kappa shape index (κ3) is 11.0. The number of carbonyl (C=O) groups excluding carboxylic acids is 3. The number of hydrogen-bond acceptors (Lipinski definition) is 6. The van der Waals surface area contributed by atoms with Crippen molar-refractivity contribution in [2.24, 2.45) is 11.5 Å². The van der Waals surface area contributed by atoms with Gasteiger partial charge in [-0.15, -0.1) is 0 Å². The Morgan fingerprint density at radius 1 is 0.808 bits per heavy atom. The zero-order valence-electron chi connectivity index (χ0n) is 14.4. The highest BCUT2D eigenvalue weighted by molar-refractivity contribution is 5.92. The molecule has 0 saturated carbocycles. The number of aliphatic carboxylic acids is 2. The second-order valence-electron chi connectivity index (χ2n) is 5.69. The molecule has 3 amide bonds. The number of hydrogen-bond donors (Lipinski definition) is 6. The van der Waals surface area contributed by atoms with E-state index >= 15 is 0 Å². The first-order valence-electron chi connectivity index (χ1n) is 8.20. The van der Waals surface area contributed by atoms with Crippen LogP contribution in [-0.2, 0) is 24.0 Å². The van der Waals surface area contributed by atoms with Crippen molar-refractivity contribution in [1.82, 2.24) is 10.6 Å². The zero-order valence-corrected chi connectivity index (χ0v) is 14.4. The van der Waals surface area contributed by atoms with E-state index in [0.29, 0.717) is 19.4 Å². The summed E-state index contributed by atoms with van der Waals surface area (Å²) in [7, 11) is 0. The molecule has 0 aromatic heterocycles. The molecule has 26 heavy (non-hydrogen) atoms. The third-order valence-electron chi connectivity index (χ3n) is 3.47. The summed E-state index contributed by atoms with van der Waals surface area (Å²) in [5.74, 6) is -4.58. The predicted molar refractivity (Wildman–Crippen MR) is 89.7 cm³/mol. The molecule has 0 aliphatic rings. The van der Waals surface area contributed by atoms with E-state index in [4.69, 9.17) is 21.7 Å². The molecule has 0 rings (SSSR count). The van der Waals surface area contributed by atoms with Crippen LogP contribution < -0.4 is 22.1 Å². The average Bonchev–Trinajstić information content (AvgIpc) is 2.55. The number of carboxylic acid groups (broad SMARTS) is 2. The average molecular weight is 374 g/mol. The van der Waals surface area contributed by atoms with E-state index in [1.165, 1.54) is 0 Å². The van der Waals surface area contributed by atoms with Crippen LogP contribution in [0.2, 0.25) is 0 Å². The van der Waals surface area contributed by atoms with Crippen LogP contribution in [0.15, 0.2) is 0 Å². The van der Waals surface area contributed by atoms with E-state index in [1.807, 2.05) is 0 Å². The van der Waals surface area contributed by atoms with Gasteiger partial charge >= 0.3 is 11.9 Å². The van der Waals surface area contributed by atoms with Crippen LogP contribution in [0.5, 0.6) is 0 Å². The van der Waals surface area contributed by atoms with Gasteiger partial charge in [-0.3, -0.25) is 24.0 Å². The summed E-state index contributed by atoms with van der Waals surface area (Å²) in [5.41, 5.74) is 10.6. The second-order valence-corrected chi connectivity index (χ2v) is 5.69. The van der Waals surface area contributed by atoms with Crippen molar-refractivity contribution < 1.29 is 34.2 Å². The fraction of sp³-hybridized carbons (Fsp3) is 0.667. The molecule has 0 spiro atoms. The summed E-state index contributed by atoms with van der Waals surface area (Å²) >= 11 is 0. The summed E-state index contributed by atoms with van der Waals surface area (Å²) in [6.45, 7) is 0.417. The van der Waals surface area contributed by atoms with Gasteiger partial charge in [0.1, 0.15) is 12.1 Å². The topological polar surface area (TPSA) is 202 Å². The largest absolute Gasteiger partial charge is 0.481 e. The predicted octanol–water partition coefficient (Wildman–Crippen LogP) is -1.70. The Morgan fingerprint density at radius 2 is 1.42 bits per heavy atom. The van der Waals surface area contributed by atoms with Crippen LogP contribution in [0.1, 0.15) is 44.9 Å². The van der Waals surface area contributed by atoms with Crippen LogP contribution in [-0.4, -0.2) is 58.5 Å². The maximum atomic E-state index is 12.3. The molecule has 0 bridgehead atoms. The van der Waals surface area contributed by atoms with Crippen LogP contribution in [0.3, 0.4) is 0 Å². The van der Waals surface area contributed by atoms with Crippen molar-refractivity contribution in [3.8, 4) is 0 Å². The molecule has 0 aliphatic heterocycles. The molecule has 0 heterocycles. The molecule has 0 aromatic rings. The normalized spacial score (nSPS) is 12.7. The van der Waals surface area contributed by atoms with E-state index in [9.17, 15) is 24.0 Å². The first kappa shape index (κ1) is 23.3. The van der Waals surface area contributed by atoms with Crippen LogP contribution in [0.4, 0.5) is 0 Å². The van der Waals surface area contributed by atoms with Gasteiger partial charge in [0.25, 0.3) is 0 Å². The molecule has 0 fully saturated rings. The maximum Gasteiger partial charge on any atom is 0.303 e. The van der Waals surface area contributed by atoms with E-state index < -0.39 is 54.6 Å². The van der Waals surface area contributed by atoms with E-state index in [0.717, 1.165) is 0 Å². The number of nitrogens with one attached hydrogen (secondary N) is 2.